The Balaban J connectivity index is 2.12. The summed E-state index contributed by atoms with van der Waals surface area (Å²) in [5.41, 5.74) is 0.944. The molecule has 0 amide bonds. The molecule has 1 aliphatic rings. The Morgan fingerprint density at radius 3 is 2.75 bits per heavy atom. The van der Waals surface area contributed by atoms with E-state index < -0.39 is 0 Å². The van der Waals surface area contributed by atoms with E-state index in [0.29, 0.717) is 6.04 Å². The Bertz CT molecular complexity index is 419. The fourth-order valence-corrected chi connectivity index (χ4v) is 2.94. The zero-order valence-corrected chi connectivity index (χ0v) is 12.5. The monoisotopic (exact) mass is 280 g/mol. The number of benzene rings is 1. The number of rotatable bonds is 6. The Morgan fingerprint density at radius 2 is 2.10 bits per heavy atom. The lowest BCUT2D eigenvalue weighted by Crippen LogP contribution is -2.43. The fraction of sp³-hybridized carbons (Fsp3) is 0.625. The number of methoxy groups -OCH3 is 1. The standard InChI is InChI=1S/C16H25FN2O/c1-3-10-19(15-6-8-18-9-7-15)12-13-11-14(17)4-5-16(13)20-2/h4-5,11,15,18H,3,6-10,12H2,1-2H3. The smallest absolute Gasteiger partial charge is 0.123 e. The van der Waals surface area contributed by atoms with Gasteiger partial charge in [0, 0.05) is 18.2 Å². The van der Waals surface area contributed by atoms with E-state index in [9.17, 15) is 4.39 Å². The summed E-state index contributed by atoms with van der Waals surface area (Å²) in [4.78, 5) is 2.47. The van der Waals surface area contributed by atoms with Gasteiger partial charge in [0.25, 0.3) is 0 Å². The molecule has 1 saturated heterocycles. The van der Waals surface area contributed by atoms with Gasteiger partial charge in [-0.1, -0.05) is 6.92 Å². The van der Waals surface area contributed by atoms with Crippen LogP contribution in [0.1, 0.15) is 31.7 Å². The first-order chi connectivity index (χ1) is 9.74. The number of halogens is 1. The molecule has 0 atom stereocenters. The Kier molecular flexibility index (Phi) is 5.80. The first kappa shape index (κ1) is 15.3. The summed E-state index contributed by atoms with van der Waals surface area (Å²) in [6.45, 7) is 6.15. The molecular weight excluding hydrogens is 255 g/mol. The van der Waals surface area contributed by atoms with Gasteiger partial charge in [0.1, 0.15) is 11.6 Å². The van der Waals surface area contributed by atoms with Gasteiger partial charge < -0.3 is 10.1 Å². The minimum Gasteiger partial charge on any atom is -0.496 e. The van der Waals surface area contributed by atoms with E-state index >= 15 is 0 Å². The second-order valence-corrected chi connectivity index (χ2v) is 5.41. The first-order valence-electron chi connectivity index (χ1n) is 7.51. The molecule has 0 unspecified atom stereocenters. The molecule has 0 bridgehead atoms. The highest BCUT2D eigenvalue weighted by Gasteiger charge is 2.21. The molecular formula is C16H25FN2O. The van der Waals surface area contributed by atoms with Crippen LogP contribution in [-0.4, -0.2) is 37.7 Å². The van der Waals surface area contributed by atoms with Gasteiger partial charge in [-0.3, -0.25) is 4.90 Å². The Hall–Kier alpha value is -1.13. The van der Waals surface area contributed by atoms with E-state index in [1.54, 1.807) is 19.2 Å². The molecule has 3 nitrogen and oxygen atoms in total. The summed E-state index contributed by atoms with van der Waals surface area (Å²) >= 11 is 0. The normalized spacial score (nSPS) is 16.6. The molecule has 1 aromatic rings. The summed E-state index contributed by atoms with van der Waals surface area (Å²) in [5.74, 6) is 0.587. The van der Waals surface area contributed by atoms with Crippen molar-refractivity contribution in [3.63, 3.8) is 0 Å². The number of hydrogen-bond acceptors (Lipinski definition) is 3. The SMILES string of the molecule is CCCN(Cc1cc(F)ccc1OC)C1CCNCC1. The highest BCUT2D eigenvalue weighted by atomic mass is 19.1. The molecule has 0 aromatic heterocycles. The number of ether oxygens (including phenoxy) is 1. The van der Waals surface area contributed by atoms with Crippen LogP contribution in [0.3, 0.4) is 0 Å². The Morgan fingerprint density at radius 1 is 1.35 bits per heavy atom. The van der Waals surface area contributed by atoms with Gasteiger partial charge in [-0.15, -0.1) is 0 Å². The number of nitrogens with one attached hydrogen (secondary N) is 1. The van der Waals surface area contributed by atoms with E-state index in [1.807, 2.05) is 0 Å². The third-order valence-electron chi connectivity index (χ3n) is 3.95. The predicted molar refractivity (Wildman–Crippen MR) is 79.5 cm³/mol. The van der Waals surface area contributed by atoms with Crippen molar-refractivity contribution in [1.82, 2.24) is 10.2 Å². The van der Waals surface area contributed by atoms with Crippen molar-refractivity contribution >= 4 is 0 Å². The predicted octanol–water partition coefficient (Wildman–Crippen LogP) is 2.80. The first-order valence-corrected chi connectivity index (χ1v) is 7.51. The van der Waals surface area contributed by atoms with Crippen LogP contribution in [0.25, 0.3) is 0 Å². The lowest BCUT2D eigenvalue weighted by Gasteiger charge is -2.34. The van der Waals surface area contributed by atoms with Crippen LogP contribution in [-0.2, 0) is 6.54 Å². The number of nitrogens with zero attached hydrogens (tertiary/aromatic N) is 1. The highest BCUT2D eigenvalue weighted by Crippen LogP contribution is 2.24. The van der Waals surface area contributed by atoms with E-state index in [-0.39, 0.29) is 5.82 Å². The van der Waals surface area contributed by atoms with Gasteiger partial charge in [0.15, 0.2) is 0 Å². The molecule has 1 heterocycles. The molecule has 112 valence electrons. The zero-order valence-electron chi connectivity index (χ0n) is 12.5. The zero-order chi connectivity index (χ0) is 14.4. The van der Waals surface area contributed by atoms with Crippen LogP contribution >= 0.6 is 0 Å². The number of hydrogen-bond donors (Lipinski definition) is 1. The largest absolute Gasteiger partial charge is 0.496 e. The lowest BCUT2D eigenvalue weighted by molar-refractivity contribution is 0.152. The topological polar surface area (TPSA) is 24.5 Å². The van der Waals surface area contributed by atoms with Crippen molar-refractivity contribution in [3.8, 4) is 5.75 Å². The quantitative estimate of drug-likeness (QED) is 0.867. The lowest BCUT2D eigenvalue weighted by atomic mass is 10.0. The Labute approximate surface area is 121 Å². The van der Waals surface area contributed by atoms with Crippen LogP contribution in [0.15, 0.2) is 18.2 Å². The molecule has 1 aliphatic heterocycles. The second-order valence-electron chi connectivity index (χ2n) is 5.41. The molecule has 1 N–H and O–H groups in total. The van der Waals surface area contributed by atoms with Gasteiger partial charge in [-0.05, 0) is 57.1 Å². The van der Waals surface area contributed by atoms with Crippen molar-refractivity contribution in [2.45, 2.75) is 38.8 Å². The molecule has 1 aromatic carbocycles. The van der Waals surface area contributed by atoms with Crippen LogP contribution in [0.5, 0.6) is 5.75 Å². The van der Waals surface area contributed by atoms with Gasteiger partial charge in [0.2, 0.25) is 0 Å². The molecule has 20 heavy (non-hydrogen) atoms. The summed E-state index contributed by atoms with van der Waals surface area (Å²) in [6.07, 6.45) is 3.44. The van der Waals surface area contributed by atoms with E-state index in [4.69, 9.17) is 4.74 Å². The summed E-state index contributed by atoms with van der Waals surface area (Å²) < 4.78 is 18.8. The summed E-state index contributed by atoms with van der Waals surface area (Å²) in [6, 6.07) is 5.36. The van der Waals surface area contributed by atoms with Crippen molar-refractivity contribution in [2.24, 2.45) is 0 Å². The third-order valence-corrected chi connectivity index (χ3v) is 3.95. The second kappa shape index (κ2) is 7.60. The molecule has 1 fully saturated rings. The average molecular weight is 280 g/mol. The van der Waals surface area contributed by atoms with Gasteiger partial charge >= 0.3 is 0 Å². The maximum Gasteiger partial charge on any atom is 0.123 e. The van der Waals surface area contributed by atoms with Gasteiger partial charge in [-0.2, -0.15) is 0 Å². The van der Waals surface area contributed by atoms with E-state index in [2.05, 4.69) is 17.1 Å². The summed E-state index contributed by atoms with van der Waals surface area (Å²) in [7, 11) is 1.64. The van der Waals surface area contributed by atoms with Crippen LogP contribution in [0.2, 0.25) is 0 Å². The van der Waals surface area contributed by atoms with Crippen LogP contribution in [0, 0.1) is 5.82 Å². The minimum absolute atomic E-state index is 0.192. The van der Waals surface area contributed by atoms with E-state index in [0.717, 1.165) is 56.8 Å². The maximum absolute atomic E-state index is 13.5. The van der Waals surface area contributed by atoms with Crippen molar-refractivity contribution in [1.29, 1.82) is 0 Å². The van der Waals surface area contributed by atoms with Crippen molar-refractivity contribution in [3.05, 3.63) is 29.6 Å². The van der Waals surface area contributed by atoms with Crippen molar-refractivity contribution < 1.29 is 9.13 Å². The molecule has 0 saturated carbocycles. The van der Waals surface area contributed by atoms with Crippen LogP contribution < -0.4 is 10.1 Å². The fourth-order valence-electron chi connectivity index (χ4n) is 2.94. The molecule has 0 aliphatic carbocycles. The highest BCUT2D eigenvalue weighted by molar-refractivity contribution is 5.33. The van der Waals surface area contributed by atoms with Crippen molar-refractivity contribution in [2.75, 3.05) is 26.7 Å². The molecule has 2 rings (SSSR count). The average Bonchev–Trinajstić information content (AvgIpc) is 2.48. The maximum atomic E-state index is 13.5. The summed E-state index contributed by atoms with van der Waals surface area (Å²) in [5, 5.41) is 3.40. The van der Waals surface area contributed by atoms with E-state index in [1.165, 1.54) is 6.07 Å². The third kappa shape index (κ3) is 3.93. The molecule has 0 spiro atoms. The number of piperidine rings is 1. The van der Waals surface area contributed by atoms with Gasteiger partial charge in [0.05, 0.1) is 7.11 Å². The molecule has 0 radical (unpaired) electrons. The van der Waals surface area contributed by atoms with Gasteiger partial charge in [-0.25, -0.2) is 4.39 Å². The molecule has 4 heteroatoms. The minimum atomic E-state index is -0.192. The van der Waals surface area contributed by atoms with Crippen LogP contribution in [0.4, 0.5) is 4.39 Å².